The van der Waals surface area contributed by atoms with E-state index in [0.717, 1.165) is 25.9 Å². The monoisotopic (exact) mass is 349 g/mol. The summed E-state index contributed by atoms with van der Waals surface area (Å²) in [4.78, 5) is 12.8. The van der Waals surface area contributed by atoms with Crippen molar-refractivity contribution in [1.29, 1.82) is 0 Å². The van der Waals surface area contributed by atoms with Crippen LogP contribution in [0.15, 0.2) is 48.5 Å². The van der Waals surface area contributed by atoms with Gasteiger partial charge >= 0.3 is 5.97 Å². The summed E-state index contributed by atoms with van der Waals surface area (Å²) < 4.78 is 6.00. The highest BCUT2D eigenvalue weighted by atomic mass is 16.6. The molecule has 136 valence electrons. The Kier molecular flexibility index (Phi) is 4.58. The number of carbonyl (C=O) groups excluding carboxylic acids is 1. The SMILES string of the molecule is CC(C)(OC(=O)CC1c2ccccc2-c2ccccc21)C1CCNCC1. The Balaban J connectivity index is 1.53. The van der Waals surface area contributed by atoms with Gasteiger partial charge in [0.05, 0.1) is 6.42 Å². The lowest BCUT2D eigenvalue weighted by Gasteiger charge is -2.37. The van der Waals surface area contributed by atoms with Gasteiger partial charge in [-0.05, 0) is 62.0 Å². The number of hydrogen-bond acceptors (Lipinski definition) is 3. The fraction of sp³-hybridized carbons (Fsp3) is 0.435. The molecule has 1 aliphatic heterocycles. The van der Waals surface area contributed by atoms with Crippen LogP contribution in [0, 0.1) is 5.92 Å². The Labute approximate surface area is 155 Å². The van der Waals surface area contributed by atoms with Crippen molar-refractivity contribution in [2.75, 3.05) is 13.1 Å². The summed E-state index contributed by atoms with van der Waals surface area (Å²) in [7, 11) is 0. The molecule has 1 heterocycles. The molecule has 26 heavy (non-hydrogen) atoms. The van der Waals surface area contributed by atoms with E-state index in [1.54, 1.807) is 0 Å². The standard InChI is InChI=1S/C23H27NO2/c1-23(2,16-11-13-24-14-12-16)26-22(25)15-21-19-9-5-3-7-17(19)18-8-4-6-10-20(18)21/h3-10,16,21,24H,11-15H2,1-2H3. The molecule has 1 aliphatic carbocycles. The Morgan fingerprint density at radius 2 is 1.54 bits per heavy atom. The van der Waals surface area contributed by atoms with Gasteiger partial charge in [-0.1, -0.05) is 48.5 Å². The molecule has 0 saturated carbocycles. The minimum absolute atomic E-state index is 0.0926. The topological polar surface area (TPSA) is 38.3 Å². The van der Waals surface area contributed by atoms with Gasteiger partial charge in [-0.2, -0.15) is 0 Å². The van der Waals surface area contributed by atoms with E-state index in [1.165, 1.54) is 22.3 Å². The highest BCUT2D eigenvalue weighted by molar-refractivity contribution is 5.82. The predicted molar refractivity (Wildman–Crippen MR) is 104 cm³/mol. The Morgan fingerprint density at radius 3 is 2.12 bits per heavy atom. The summed E-state index contributed by atoms with van der Waals surface area (Å²) in [6, 6.07) is 16.8. The number of fused-ring (bicyclic) bond motifs is 3. The minimum atomic E-state index is -0.406. The van der Waals surface area contributed by atoms with Gasteiger partial charge in [0, 0.05) is 11.8 Å². The molecule has 2 aromatic rings. The van der Waals surface area contributed by atoms with Crippen molar-refractivity contribution in [3.8, 4) is 11.1 Å². The first kappa shape index (κ1) is 17.3. The lowest BCUT2D eigenvalue weighted by Crippen LogP contribution is -2.42. The largest absolute Gasteiger partial charge is 0.459 e. The van der Waals surface area contributed by atoms with Gasteiger partial charge in [0.1, 0.15) is 5.60 Å². The van der Waals surface area contributed by atoms with Gasteiger partial charge in [0.25, 0.3) is 0 Å². The summed E-state index contributed by atoms with van der Waals surface area (Å²) in [5.41, 5.74) is 4.57. The van der Waals surface area contributed by atoms with Crippen molar-refractivity contribution >= 4 is 5.97 Å². The molecular weight excluding hydrogens is 322 g/mol. The fourth-order valence-electron chi connectivity index (χ4n) is 4.58. The molecule has 0 bridgehead atoms. The summed E-state index contributed by atoms with van der Waals surface area (Å²) in [6.45, 7) is 6.15. The van der Waals surface area contributed by atoms with Gasteiger partial charge in [-0.3, -0.25) is 4.79 Å². The zero-order valence-corrected chi connectivity index (χ0v) is 15.6. The number of esters is 1. The summed E-state index contributed by atoms with van der Waals surface area (Å²) >= 11 is 0. The molecule has 0 spiro atoms. The molecule has 0 aromatic heterocycles. The van der Waals surface area contributed by atoms with E-state index in [1.807, 2.05) is 0 Å². The van der Waals surface area contributed by atoms with Crippen LogP contribution in [0.3, 0.4) is 0 Å². The molecule has 0 unspecified atom stereocenters. The zero-order chi connectivity index (χ0) is 18.1. The number of ether oxygens (including phenoxy) is 1. The summed E-state index contributed by atoms with van der Waals surface area (Å²) in [5.74, 6) is 0.430. The highest BCUT2D eigenvalue weighted by Crippen LogP contribution is 2.46. The molecule has 3 nitrogen and oxygen atoms in total. The van der Waals surface area contributed by atoms with E-state index < -0.39 is 5.60 Å². The molecule has 1 saturated heterocycles. The number of nitrogens with one attached hydrogen (secondary N) is 1. The zero-order valence-electron chi connectivity index (χ0n) is 15.6. The van der Waals surface area contributed by atoms with E-state index in [4.69, 9.17) is 4.74 Å². The minimum Gasteiger partial charge on any atom is -0.459 e. The normalized spacial score (nSPS) is 17.6. The molecule has 2 aromatic carbocycles. The molecule has 2 aliphatic rings. The van der Waals surface area contributed by atoms with Crippen molar-refractivity contribution < 1.29 is 9.53 Å². The van der Waals surface area contributed by atoms with Crippen LogP contribution in [-0.2, 0) is 9.53 Å². The molecule has 3 heteroatoms. The second-order valence-electron chi connectivity index (χ2n) is 8.03. The van der Waals surface area contributed by atoms with Crippen LogP contribution in [0.25, 0.3) is 11.1 Å². The van der Waals surface area contributed by atoms with Crippen LogP contribution in [0.1, 0.15) is 50.2 Å². The first-order valence-electron chi connectivity index (χ1n) is 9.67. The lowest BCUT2D eigenvalue weighted by atomic mass is 9.83. The first-order chi connectivity index (χ1) is 12.6. The predicted octanol–water partition coefficient (Wildman–Crippen LogP) is 4.51. The van der Waals surface area contributed by atoms with E-state index in [9.17, 15) is 4.79 Å². The smallest absolute Gasteiger partial charge is 0.307 e. The molecular formula is C23H27NO2. The third-order valence-electron chi connectivity index (χ3n) is 6.03. The van der Waals surface area contributed by atoms with E-state index in [-0.39, 0.29) is 11.9 Å². The van der Waals surface area contributed by atoms with Crippen molar-refractivity contribution in [3.63, 3.8) is 0 Å². The Bertz CT molecular complexity index is 760. The molecule has 1 N–H and O–H groups in total. The summed E-state index contributed by atoms with van der Waals surface area (Å²) in [5, 5.41) is 3.38. The van der Waals surface area contributed by atoms with Crippen molar-refractivity contribution in [3.05, 3.63) is 59.7 Å². The third kappa shape index (κ3) is 3.16. The fourth-order valence-corrected chi connectivity index (χ4v) is 4.58. The molecule has 0 atom stereocenters. The Morgan fingerprint density at radius 1 is 1.00 bits per heavy atom. The maximum atomic E-state index is 12.8. The van der Waals surface area contributed by atoms with Gasteiger partial charge in [0.15, 0.2) is 0 Å². The maximum absolute atomic E-state index is 12.8. The highest BCUT2D eigenvalue weighted by Gasteiger charge is 2.36. The number of carbonyl (C=O) groups is 1. The first-order valence-corrected chi connectivity index (χ1v) is 9.67. The van der Waals surface area contributed by atoms with Crippen LogP contribution in [0.5, 0.6) is 0 Å². The average molecular weight is 349 g/mol. The van der Waals surface area contributed by atoms with Crippen LogP contribution >= 0.6 is 0 Å². The van der Waals surface area contributed by atoms with Gasteiger partial charge < -0.3 is 10.1 Å². The molecule has 0 amide bonds. The number of benzene rings is 2. The average Bonchev–Trinajstić information content (AvgIpc) is 2.96. The second-order valence-corrected chi connectivity index (χ2v) is 8.03. The maximum Gasteiger partial charge on any atom is 0.307 e. The van der Waals surface area contributed by atoms with E-state index in [2.05, 4.69) is 67.7 Å². The lowest BCUT2D eigenvalue weighted by molar-refractivity contribution is -0.163. The number of piperidine rings is 1. The molecule has 1 fully saturated rings. The second kappa shape index (κ2) is 6.88. The van der Waals surface area contributed by atoms with Crippen LogP contribution in [0.4, 0.5) is 0 Å². The summed E-state index contributed by atoms with van der Waals surface area (Å²) in [6.07, 6.45) is 2.53. The molecule has 0 radical (unpaired) electrons. The number of rotatable bonds is 4. The van der Waals surface area contributed by atoms with Crippen LogP contribution in [0.2, 0.25) is 0 Å². The number of hydrogen-bond donors (Lipinski definition) is 1. The van der Waals surface area contributed by atoms with Crippen molar-refractivity contribution in [1.82, 2.24) is 5.32 Å². The Hall–Kier alpha value is -2.13. The van der Waals surface area contributed by atoms with Crippen LogP contribution < -0.4 is 5.32 Å². The van der Waals surface area contributed by atoms with Crippen molar-refractivity contribution in [2.24, 2.45) is 5.92 Å². The van der Waals surface area contributed by atoms with Gasteiger partial charge in [-0.15, -0.1) is 0 Å². The van der Waals surface area contributed by atoms with E-state index >= 15 is 0 Å². The van der Waals surface area contributed by atoms with Gasteiger partial charge in [0.2, 0.25) is 0 Å². The third-order valence-corrected chi connectivity index (χ3v) is 6.03. The molecule has 4 rings (SSSR count). The van der Waals surface area contributed by atoms with Crippen molar-refractivity contribution in [2.45, 2.75) is 44.6 Å². The van der Waals surface area contributed by atoms with Crippen LogP contribution in [-0.4, -0.2) is 24.7 Å². The quantitative estimate of drug-likeness (QED) is 0.825. The van der Waals surface area contributed by atoms with Gasteiger partial charge in [-0.25, -0.2) is 0 Å². The van der Waals surface area contributed by atoms with E-state index in [0.29, 0.717) is 12.3 Å².